The summed E-state index contributed by atoms with van der Waals surface area (Å²) in [6.45, 7) is 0. The van der Waals surface area contributed by atoms with Crippen molar-refractivity contribution >= 4 is 71.2 Å². The Bertz CT molecular complexity index is 3170. The van der Waals surface area contributed by atoms with E-state index in [1.165, 1.54) is 43.4 Å². The average Bonchev–Trinajstić information content (AvgIpc) is 3.29. The van der Waals surface area contributed by atoms with Gasteiger partial charge in [0, 0.05) is 52.6 Å². The molecule has 0 saturated carbocycles. The Balaban J connectivity index is 1.00. The molecule has 5 heteroatoms. The highest BCUT2D eigenvalue weighted by Crippen LogP contribution is 2.40. The molecule has 0 radical (unpaired) electrons. The molecule has 0 amide bonds. The summed E-state index contributed by atoms with van der Waals surface area (Å²) in [5, 5.41) is 9.55. The predicted octanol–water partition coefficient (Wildman–Crippen LogP) is 13.5. The number of nitrogens with zero attached hydrogens (tertiary/aromatic N) is 5. The molecule has 0 fully saturated rings. The number of rotatable bonds is 6. The number of anilines is 3. The minimum atomic E-state index is 0.882. The summed E-state index contributed by atoms with van der Waals surface area (Å²) in [4.78, 5) is 20.0. The van der Waals surface area contributed by atoms with Crippen LogP contribution in [0.1, 0.15) is 0 Å². The zero-order valence-corrected chi connectivity index (χ0v) is 30.8. The van der Waals surface area contributed by atoms with Crippen LogP contribution in [0.15, 0.2) is 201 Å². The summed E-state index contributed by atoms with van der Waals surface area (Å²) in [6.07, 6.45) is 11.0. The third-order valence-electron chi connectivity index (χ3n) is 11.1. The van der Waals surface area contributed by atoms with Crippen molar-refractivity contribution in [3.8, 4) is 33.4 Å². The van der Waals surface area contributed by atoms with Gasteiger partial charge in [0.05, 0.1) is 23.4 Å². The summed E-state index contributed by atoms with van der Waals surface area (Å²) < 4.78 is 0. The number of aromatic nitrogens is 4. The molecule has 0 aliphatic rings. The van der Waals surface area contributed by atoms with Gasteiger partial charge < -0.3 is 4.90 Å². The van der Waals surface area contributed by atoms with Gasteiger partial charge in [-0.25, -0.2) is 0 Å². The molecule has 266 valence electrons. The lowest BCUT2D eigenvalue weighted by Crippen LogP contribution is -2.10. The Kier molecular flexibility index (Phi) is 7.74. The number of pyridine rings is 4. The molecule has 0 spiro atoms. The van der Waals surface area contributed by atoms with Gasteiger partial charge in [-0.05, 0) is 138 Å². The molecule has 4 heterocycles. The van der Waals surface area contributed by atoms with E-state index in [0.717, 1.165) is 61.1 Å². The quantitative estimate of drug-likeness (QED) is 0.160. The molecule has 5 nitrogen and oxygen atoms in total. The number of hydrogen-bond acceptors (Lipinski definition) is 5. The van der Waals surface area contributed by atoms with Gasteiger partial charge in [-0.15, -0.1) is 0 Å². The van der Waals surface area contributed by atoms with Crippen molar-refractivity contribution in [1.29, 1.82) is 0 Å². The fourth-order valence-corrected chi connectivity index (χ4v) is 8.27. The van der Waals surface area contributed by atoms with Gasteiger partial charge in [-0.3, -0.25) is 19.9 Å². The molecule has 57 heavy (non-hydrogen) atoms. The van der Waals surface area contributed by atoms with Crippen LogP contribution in [-0.4, -0.2) is 19.9 Å². The van der Waals surface area contributed by atoms with Crippen molar-refractivity contribution in [2.45, 2.75) is 0 Å². The van der Waals surface area contributed by atoms with Crippen molar-refractivity contribution in [3.05, 3.63) is 201 Å². The highest BCUT2D eigenvalue weighted by molar-refractivity contribution is 6.10. The molecule has 0 atom stereocenters. The monoisotopic (exact) mass is 727 g/mol. The van der Waals surface area contributed by atoms with Crippen molar-refractivity contribution in [3.63, 3.8) is 0 Å². The number of fused-ring (bicyclic) bond motifs is 6. The van der Waals surface area contributed by atoms with E-state index in [0.29, 0.717) is 0 Å². The fraction of sp³-hybridized carbons (Fsp3) is 0. The second-order valence-corrected chi connectivity index (χ2v) is 14.4. The van der Waals surface area contributed by atoms with E-state index < -0.39 is 0 Å². The first kappa shape index (κ1) is 32.7. The molecular weight excluding hydrogens is 695 g/mol. The molecule has 0 aliphatic heterocycles. The maximum absolute atomic E-state index is 4.53. The van der Waals surface area contributed by atoms with Crippen LogP contribution in [0.2, 0.25) is 0 Å². The first-order valence-corrected chi connectivity index (χ1v) is 19.1. The number of hydrogen-bond donors (Lipinski definition) is 0. The molecule has 11 rings (SSSR count). The summed E-state index contributed by atoms with van der Waals surface area (Å²) >= 11 is 0. The third-order valence-corrected chi connectivity index (χ3v) is 11.1. The Morgan fingerprint density at radius 3 is 1.40 bits per heavy atom. The molecule has 0 bridgehead atoms. The van der Waals surface area contributed by atoms with Gasteiger partial charge >= 0.3 is 0 Å². The average molecular weight is 728 g/mol. The van der Waals surface area contributed by atoms with E-state index in [2.05, 4.69) is 176 Å². The van der Waals surface area contributed by atoms with E-state index in [-0.39, 0.29) is 0 Å². The minimum Gasteiger partial charge on any atom is -0.310 e. The summed E-state index contributed by atoms with van der Waals surface area (Å²) in [5.41, 5.74) is 11.9. The molecule has 0 saturated heterocycles. The lowest BCUT2D eigenvalue weighted by molar-refractivity contribution is 1.29. The van der Waals surface area contributed by atoms with Gasteiger partial charge in [0.25, 0.3) is 0 Å². The van der Waals surface area contributed by atoms with Crippen molar-refractivity contribution < 1.29 is 0 Å². The topological polar surface area (TPSA) is 54.8 Å². The van der Waals surface area contributed by atoms with Gasteiger partial charge in [-0.1, -0.05) is 91.0 Å². The Hall–Kier alpha value is -7.76. The van der Waals surface area contributed by atoms with Crippen LogP contribution in [0.3, 0.4) is 0 Å². The fourth-order valence-electron chi connectivity index (χ4n) is 8.27. The normalized spacial score (nSPS) is 11.5. The molecule has 0 unspecified atom stereocenters. The Morgan fingerprint density at radius 1 is 0.316 bits per heavy atom. The Morgan fingerprint density at radius 2 is 0.789 bits per heavy atom. The molecule has 11 aromatic rings. The van der Waals surface area contributed by atoms with E-state index in [9.17, 15) is 0 Å². The molecular formula is C52H33N5. The minimum absolute atomic E-state index is 0.882. The van der Waals surface area contributed by atoms with Crippen LogP contribution in [0.4, 0.5) is 17.1 Å². The maximum Gasteiger partial charge on any atom is 0.0891 e. The molecule has 0 N–H and O–H groups in total. The molecule has 0 aliphatic carbocycles. The van der Waals surface area contributed by atoms with Gasteiger partial charge in [0.15, 0.2) is 0 Å². The maximum atomic E-state index is 4.53. The summed E-state index contributed by atoms with van der Waals surface area (Å²) in [7, 11) is 0. The van der Waals surface area contributed by atoms with Crippen LogP contribution in [0.25, 0.3) is 87.5 Å². The second-order valence-electron chi connectivity index (χ2n) is 14.4. The van der Waals surface area contributed by atoms with E-state index in [1.807, 2.05) is 49.3 Å². The largest absolute Gasteiger partial charge is 0.310 e. The lowest BCUT2D eigenvalue weighted by atomic mass is 9.96. The third kappa shape index (κ3) is 5.81. The first-order valence-electron chi connectivity index (χ1n) is 19.1. The molecule has 4 aromatic heterocycles. The standard InChI is InChI=1S/C52H33N5/c1-2-4-37-29-38(6-5-34(37)3-1)39-13-19-45-40(30-39)7-8-41-31-44(18-20-46(41)45)57(42-14-9-35(10-15-42)47-23-27-55-51-32-53-25-21-49(47)51)43-16-11-36(12-17-43)48-24-28-56-52-33-54-26-22-50(48)52/h1-33H. The van der Waals surface area contributed by atoms with E-state index >= 15 is 0 Å². The van der Waals surface area contributed by atoms with Crippen molar-refractivity contribution in [2.24, 2.45) is 0 Å². The van der Waals surface area contributed by atoms with Gasteiger partial charge in [0.2, 0.25) is 0 Å². The lowest BCUT2D eigenvalue weighted by Gasteiger charge is -2.26. The number of benzene rings is 7. The zero-order valence-electron chi connectivity index (χ0n) is 30.8. The Labute approximate surface area is 329 Å². The van der Waals surface area contributed by atoms with Crippen molar-refractivity contribution in [2.75, 3.05) is 4.90 Å². The predicted molar refractivity (Wildman–Crippen MR) is 236 cm³/mol. The summed E-state index contributed by atoms with van der Waals surface area (Å²) in [6, 6.07) is 59.2. The summed E-state index contributed by atoms with van der Waals surface area (Å²) in [5.74, 6) is 0. The zero-order chi connectivity index (χ0) is 37.7. The van der Waals surface area contributed by atoms with E-state index in [4.69, 9.17) is 0 Å². The van der Waals surface area contributed by atoms with Gasteiger partial charge in [0.1, 0.15) is 0 Å². The van der Waals surface area contributed by atoms with Crippen LogP contribution in [0, 0.1) is 0 Å². The van der Waals surface area contributed by atoms with Crippen LogP contribution in [-0.2, 0) is 0 Å². The van der Waals surface area contributed by atoms with Crippen LogP contribution >= 0.6 is 0 Å². The first-order chi connectivity index (χ1) is 28.2. The molecule has 7 aromatic carbocycles. The van der Waals surface area contributed by atoms with Crippen molar-refractivity contribution in [1.82, 2.24) is 19.9 Å². The second kappa shape index (κ2) is 13.5. The highest BCUT2D eigenvalue weighted by Gasteiger charge is 2.16. The smallest absolute Gasteiger partial charge is 0.0891 e. The van der Waals surface area contributed by atoms with Crippen LogP contribution in [0.5, 0.6) is 0 Å². The van der Waals surface area contributed by atoms with Gasteiger partial charge in [-0.2, -0.15) is 0 Å². The SMILES string of the molecule is c1ccc2cc(-c3ccc4c(ccc5cc(N(c6ccc(-c7ccnc8cnccc78)cc6)c6ccc(-c7ccnc8cnccc78)cc6)ccc54)c3)ccc2c1. The highest BCUT2D eigenvalue weighted by atomic mass is 15.1. The van der Waals surface area contributed by atoms with E-state index in [1.54, 1.807) is 0 Å². The van der Waals surface area contributed by atoms with Crippen LogP contribution < -0.4 is 4.90 Å².